The third-order valence-corrected chi connectivity index (χ3v) is 5.26. The predicted molar refractivity (Wildman–Crippen MR) is 68.7 cm³/mol. The number of thioether (sulfide) groups is 1. The predicted octanol–water partition coefficient (Wildman–Crippen LogP) is 1.00. The Bertz CT molecular complexity index is 384. The van der Waals surface area contributed by atoms with Crippen LogP contribution in [0.15, 0.2) is 9.85 Å². The topological polar surface area (TPSA) is 94.9 Å². The SMILES string of the molecule is NC(=O)C1(N)CCCC1CCSc1nncs1. The minimum atomic E-state index is -0.790. The van der Waals surface area contributed by atoms with Crippen molar-refractivity contribution in [3.05, 3.63) is 5.51 Å². The minimum Gasteiger partial charge on any atom is -0.368 e. The van der Waals surface area contributed by atoms with Crippen LogP contribution in [0.5, 0.6) is 0 Å². The van der Waals surface area contributed by atoms with Crippen LogP contribution in [-0.4, -0.2) is 27.4 Å². The van der Waals surface area contributed by atoms with Gasteiger partial charge in [0.15, 0.2) is 4.34 Å². The lowest BCUT2D eigenvalue weighted by Gasteiger charge is -2.27. The lowest BCUT2D eigenvalue weighted by Crippen LogP contribution is -2.54. The van der Waals surface area contributed by atoms with Crippen LogP contribution < -0.4 is 11.5 Å². The average Bonchev–Trinajstić information content (AvgIpc) is 2.90. The molecule has 1 fully saturated rings. The van der Waals surface area contributed by atoms with Crippen LogP contribution in [0, 0.1) is 5.92 Å². The number of carbonyl (C=O) groups excluding carboxylic acids is 1. The smallest absolute Gasteiger partial charge is 0.237 e. The zero-order valence-electron chi connectivity index (χ0n) is 9.46. The first-order valence-corrected chi connectivity index (χ1v) is 7.47. The Balaban J connectivity index is 1.84. The number of hydrogen-bond donors (Lipinski definition) is 2. The van der Waals surface area contributed by atoms with Crippen LogP contribution in [0.25, 0.3) is 0 Å². The summed E-state index contributed by atoms with van der Waals surface area (Å²) in [5.41, 5.74) is 12.4. The summed E-state index contributed by atoms with van der Waals surface area (Å²) in [6.45, 7) is 0. The van der Waals surface area contributed by atoms with E-state index >= 15 is 0 Å². The highest BCUT2D eigenvalue weighted by Crippen LogP contribution is 2.37. The normalized spacial score (nSPS) is 28.4. The summed E-state index contributed by atoms with van der Waals surface area (Å²) in [5, 5.41) is 7.74. The number of hydrogen-bond acceptors (Lipinski definition) is 6. The van der Waals surface area contributed by atoms with Gasteiger partial charge in [-0.2, -0.15) is 0 Å². The lowest BCUT2D eigenvalue weighted by molar-refractivity contribution is -0.124. The van der Waals surface area contributed by atoms with Crippen LogP contribution >= 0.6 is 23.1 Å². The summed E-state index contributed by atoms with van der Waals surface area (Å²) in [6.07, 6.45) is 3.61. The Labute approximate surface area is 108 Å². The first-order chi connectivity index (χ1) is 8.13. The third-order valence-electron chi connectivity index (χ3n) is 3.36. The summed E-state index contributed by atoms with van der Waals surface area (Å²) in [7, 11) is 0. The third kappa shape index (κ3) is 2.78. The molecule has 1 aliphatic rings. The molecule has 1 aromatic rings. The molecule has 2 rings (SSSR count). The Hall–Kier alpha value is -0.660. The number of nitrogens with zero attached hydrogens (tertiary/aromatic N) is 2. The van der Waals surface area contributed by atoms with Crippen LogP contribution in [0.1, 0.15) is 25.7 Å². The van der Waals surface area contributed by atoms with Gasteiger partial charge in [-0.1, -0.05) is 29.5 Å². The maximum Gasteiger partial charge on any atom is 0.237 e. The van der Waals surface area contributed by atoms with Gasteiger partial charge in [-0.25, -0.2) is 0 Å². The summed E-state index contributed by atoms with van der Waals surface area (Å²) >= 11 is 3.19. The molecule has 2 unspecified atom stereocenters. The molecule has 1 aromatic heterocycles. The summed E-state index contributed by atoms with van der Waals surface area (Å²) < 4.78 is 0.963. The zero-order chi connectivity index (χ0) is 12.3. The maximum absolute atomic E-state index is 11.4. The number of rotatable bonds is 5. The molecule has 7 heteroatoms. The van der Waals surface area contributed by atoms with Crippen LogP contribution in [-0.2, 0) is 4.79 Å². The molecular weight excluding hydrogens is 256 g/mol. The lowest BCUT2D eigenvalue weighted by atomic mass is 9.85. The first-order valence-electron chi connectivity index (χ1n) is 5.60. The fourth-order valence-corrected chi connectivity index (χ4v) is 3.96. The number of amides is 1. The largest absolute Gasteiger partial charge is 0.368 e. The van der Waals surface area contributed by atoms with Gasteiger partial charge in [-0.3, -0.25) is 4.79 Å². The number of carbonyl (C=O) groups is 1. The Morgan fingerprint density at radius 2 is 2.53 bits per heavy atom. The molecule has 0 aliphatic heterocycles. The van der Waals surface area contributed by atoms with E-state index in [1.165, 1.54) is 11.3 Å². The second-order valence-corrected chi connectivity index (χ2v) is 6.51. The number of aromatic nitrogens is 2. The van der Waals surface area contributed by atoms with E-state index in [1.54, 1.807) is 17.3 Å². The first kappa shape index (κ1) is 12.8. The Morgan fingerprint density at radius 3 is 3.18 bits per heavy atom. The van der Waals surface area contributed by atoms with Gasteiger partial charge in [-0.05, 0) is 25.2 Å². The second-order valence-electron chi connectivity index (χ2n) is 4.34. The van der Waals surface area contributed by atoms with Crippen LogP contribution in [0.3, 0.4) is 0 Å². The van der Waals surface area contributed by atoms with Crippen molar-refractivity contribution < 1.29 is 4.79 Å². The van der Waals surface area contributed by atoms with E-state index in [1.807, 2.05) is 0 Å². The van der Waals surface area contributed by atoms with Crippen molar-refractivity contribution in [3.8, 4) is 0 Å². The van der Waals surface area contributed by atoms with Gasteiger partial charge < -0.3 is 11.5 Å². The fourth-order valence-electron chi connectivity index (χ4n) is 2.34. The van der Waals surface area contributed by atoms with E-state index in [-0.39, 0.29) is 11.8 Å². The van der Waals surface area contributed by atoms with Crippen LogP contribution in [0.2, 0.25) is 0 Å². The van der Waals surface area contributed by atoms with E-state index in [9.17, 15) is 4.79 Å². The molecule has 0 bridgehead atoms. The second kappa shape index (κ2) is 5.32. The maximum atomic E-state index is 11.4. The molecule has 5 nitrogen and oxygen atoms in total. The number of nitrogens with two attached hydrogens (primary N) is 2. The van der Waals surface area contributed by atoms with Crippen molar-refractivity contribution in [1.29, 1.82) is 0 Å². The molecule has 4 N–H and O–H groups in total. The highest BCUT2D eigenvalue weighted by atomic mass is 32.2. The molecule has 1 amide bonds. The standard InChI is InChI=1S/C10H16N4OS2/c11-8(15)10(12)4-1-2-7(10)3-5-16-9-14-13-6-17-9/h6-7H,1-5,12H2,(H2,11,15). The number of primary amides is 1. The highest BCUT2D eigenvalue weighted by molar-refractivity contribution is 8.00. The molecule has 0 radical (unpaired) electrons. The zero-order valence-corrected chi connectivity index (χ0v) is 11.1. The van der Waals surface area contributed by atoms with E-state index in [2.05, 4.69) is 10.2 Å². The monoisotopic (exact) mass is 272 g/mol. The van der Waals surface area contributed by atoms with Crippen molar-refractivity contribution >= 4 is 29.0 Å². The van der Waals surface area contributed by atoms with Gasteiger partial charge in [0.05, 0.1) is 5.54 Å². The summed E-state index contributed by atoms with van der Waals surface area (Å²) in [5.74, 6) is 0.757. The molecule has 0 aromatic carbocycles. The highest BCUT2D eigenvalue weighted by Gasteiger charge is 2.43. The molecule has 2 atom stereocenters. The molecular formula is C10H16N4OS2. The fraction of sp³-hybridized carbons (Fsp3) is 0.700. The molecule has 94 valence electrons. The van der Waals surface area contributed by atoms with Crippen LogP contribution in [0.4, 0.5) is 0 Å². The van der Waals surface area contributed by atoms with Crippen molar-refractivity contribution in [2.24, 2.45) is 17.4 Å². The van der Waals surface area contributed by atoms with E-state index < -0.39 is 5.54 Å². The molecule has 0 saturated heterocycles. The average molecular weight is 272 g/mol. The minimum absolute atomic E-state index is 0.209. The molecule has 1 saturated carbocycles. The van der Waals surface area contributed by atoms with Gasteiger partial charge in [0.2, 0.25) is 5.91 Å². The van der Waals surface area contributed by atoms with Crippen molar-refractivity contribution in [2.75, 3.05) is 5.75 Å². The van der Waals surface area contributed by atoms with E-state index in [0.29, 0.717) is 0 Å². The molecule has 1 heterocycles. The van der Waals surface area contributed by atoms with Gasteiger partial charge in [-0.15, -0.1) is 10.2 Å². The molecule has 17 heavy (non-hydrogen) atoms. The van der Waals surface area contributed by atoms with Gasteiger partial charge >= 0.3 is 0 Å². The Kier molecular flexibility index (Phi) is 4.01. The summed E-state index contributed by atoms with van der Waals surface area (Å²) in [6, 6.07) is 0. The summed E-state index contributed by atoms with van der Waals surface area (Å²) in [4.78, 5) is 11.4. The quantitative estimate of drug-likeness (QED) is 0.780. The molecule has 0 spiro atoms. The van der Waals surface area contributed by atoms with Gasteiger partial charge in [0, 0.05) is 5.75 Å². The Morgan fingerprint density at radius 1 is 1.71 bits per heavy atom. The van der Waals surface area contributed by atoms with Gasteiger partial charge in [0.1, 0.15) is 5.51 Å². The van der Waals surface area contributed by atoms with Crippen molar-refractivity contribution in [3.63, 3.8) is 0 Å². The van der Waals surface area contributed by atoms with E-state index in [4.69, 9.17) is 11.5 Å². The van der Waals surface area contributed by atoms with Gasteiger partial charge in [0.25, 0.3) is 0 Å². The molecule has 1 aliphatic carbocycles. The van der Waals surface area contributed by atoms with E-state index in [0.717, 1.165) is 35.8 Å². The van der Waals surface area contributed by atoms with Crippen molar-refractivity contribution in [2.45, 2.75) is 35.6 Å². The van der Waals surface area contributed by atoms with Crippen molar-refractivity contribution in [1.82, 2.24) is 10.2 Å².